The number of hydrogen-bond donors (Lipinski definition) is 2. The molecule has 6 nitrogen and oxygen atoms in total. The van der Waals surface area contributed by atoms with Crippen molar-refractivity contribution in [3.63, 3.8) is 0 Å². The summed E-state index contributed by atoms with van der Waals surface area (Å²) in [7, 11) is -3.68. The number of aromatic nitrogens is 2. The fourth-order valence-corrected chi connectivity index (χ4v) is 5.61. The quantitative estimate of drug-likeness (QED) is 0.742. The fraction of sp³-hybridized carbons (Fsp3) is 0.316. The van der Waals surface area contributed by atoms with Crippen molar-refractivity contribution in [3.05, 3.63) is 64.1 Å². The molecule has 1 unspecified atom stereocenters. The van der Waals surface area contributed by atoms with E-state index in [0.717, 1.165) is 5.56 Å². The van der Waals surface area contributed by atoms with Gasteiger partial charge in [0.05, 0.1) is 22.0 Å². The van der Waals surface area contributed by atoms with Gasteiger partial charge in [0.15, 0.2) is 0 Å². The van der Waals surface area contributed by atoms with Gasteiger partial charge in [-0.25, -0.2) is 13.2 Å². The van der Waals surface area contributed by atoms with E-state index in [2.05, 4.69) is 16.0 Å². The molecule has 0 radical (unpaired) electrons. The zero-order chi connectivity index (χ0) is 18.5. The van der Waals surface area contributed by atoms with Crippen molar-refractivity contribution in [2.75, 3.05) is 6.54 Å². The molecule has 4 rings (SSSR count). The number of imidazole rings is 1. The van der Waals surface area contributed by atoms with Crippen LogP contribution in [0.2, 0.25) is 0 Å². The third-order valence-corrected chi connectivity index (χ3v) is 6.89. The normalized spacial score (nSPS) is 18.3. The highest BCUT2D eigenvalue weighted by molar-refractivity contribution is 7.89. The number of nitrogens with zero attached hydrogens (tertiary/aromatic N) is 1. The smallest absolute Gasteiger partial charge is 0.306 e. The minimum absolute atomic E-state index is 0.141. The van der Waals surface area contributed by atoms with Crippen LogP contribution in [0, 0.1) is 5.92 Å². The van der Waals surface area contributed by atoms with Gasteiger partial charge in [0.25, 0.3) is 0 Å². The predicted molar refractivity (Wildman–Crippen MR) is 101 cm³/mol. The summed E-state index contributed by atoms with van der Waals surface area (Å²) in [5, 5.41) is 0. The summed E-state index contributed by atoms with van der Waals surface area (Å²) in [6.07, 6.45) is 0.696. The van der Waals surface area contributed by atoms with Crippen LogP contribution in [0.5, 0.6) is 0 Å². The van der Waals surface area contributed by atoms with Crippen molar-refractivity contribution < 1.29 is 8.42 Å². The first-order valence-corrected chi connectivity index (χ1v) is 10.1. The number of sulfonamides is 1. The van der Waals surface area contributed by atoms with E-state index in [1.54, 1.807) is 16.4 Å². The summed E-state index contributed by atoms with van der Waals surface area (Å²) in [5.41, 5.74) is 3.03. The summed E-state index contributed by atoms with van der Waals surface area (Å²) in [6, 6.07) is 12.6. The van der Waals surface area contributed by atoms with Gasteiger partial charge in [-0.15, -0.1) is 0 Å². The highest BCUT2D eigenvalue weighted by Crippen LogP contribution is 2.38. The molecular formula is C19H21N3O3S. The molecule has 26 heavy (non-hydrogen) atoms. The van der Waals surface area contributed by atoms with Crippen LogP contribution in [0.15, 0.2) is 52.2 Å². The molecular weight excluding hydrogens is 350 g/mol. The van der Waals surface area contributed by atoms with Crippen LogP contribution >= 0.6 is 0 Å². The van der Waals surface area contributed by atoms with E-state index in [1.807, 2.05) is 32.0 Å². The summed E-state index contributed by atoms with van der Waals surface area (Å²) < 4.78 is 28.4. The van der Waals surface area contributed by atoms with Gasteiger partial charge >= 0.3 is 5.69 Å². The second kappa shape index (κ2) is 6.10. The molecule has 0 saturated heterocycles. The zero-order valence-electron chi connectivity index (χ0n) is 14.7. The molecule has 1 aliphatic heterocycles. The van der Waals surface area contributed by atoms with Crippen LogP contribution in [-0.2, 0) is 16.4 Å². The zero-order valence-corrected chi connectivity index (χ0v) is 15.5. The summed E-state index contributed by atoms with van der Waals surface area (Å²) in [5.74, 6) is 0.141. The number of hydrogen-bond acceptors (Lipinski definition) is 3. The molecule has 1 aromatic heterocycles. The van der Waals surface area contributed by atoms with E-state index in [4.69, 9.17) is 0 Å². The molecule has 0 aliphatic carbocycles. The Bertz CT molecular complexity index is 1130. The summed E-state index contributed by atoms with van der Waals surface area (Å²) >= 11 is 0. The molecule has 1 atom stereocenters. The average molecular weight is 371 g/mol. The van der Waals surface area contributed by atoms with Crippen molar-refractivity contribution in [2.45, 2.75) is 31.2 Å². The molecule has 3 aromatic rings. The molecule has 2 aromatic carbocycles. The van der Waals surface area contributed by atoms with E-state index in [1.165, 1.54) is 11.6 Å². The highest BCUT2D eigenvalue weighted by atomic mass is 32.2. The van der Waals surface area contributed by atoms with Crippen LogP contribution in [0.3, 0.4) is 0 Å². The molecule has 0 fully saturated rings. The Labute approximate surface area is 151 Å². The van der Waals surface area contributed by atoms with Crippen LogP contribution in [0.4, 0.5) is 0 Å². The van der Waals surface area contributed by atoms with Gasteiger partial charge in [0.1, 0.15) is 0 Å². The first kappa shape index (κ1) is 17.1. The maximum Gasteiger partial charge on any atom is 0.323 e. The highest BCUT2D eigenvalue weighted by Gasteiger charge is 2.37. The van der Waals surface area contributed by atoms with Crippen LogP contribution in [-0.4, -0.2) is 29.2 Å². The summed E-state index contributed by atoms with van der Waals surface area (Å²) in [6.45, 7) is 4.54. The van der Waals surface area contributed by atoms with Gasteiger partial charge in [-0.2, -0.15) is 4.31 Å². The molecule has 0 amide bonds. The largest absolute Gasteiger partial charge is 0.323 e. The molecule has 7 heteroatoms. The third-order valence-electron chi connectivity index (χ3n) is 5.01. The molecule has 136 valence electrons. The van der Waals surface area contributed by atoms with Gasteiger partial charge in [0, 0.05) is 6.54 Å². The lowest BCUT2D eigenvalue weighted by atomic mass is 9.88. The van der Waals surface area contributed by atoms with Crippen molar-refractivity contribution in [2.24, 2.45) is 5.92 Å². The number of fused-ring (bicyclic) bond motifs is 2. The first-order chi connectivity index (χ1) is 12.4. The van der Waals surface area contributed by atoms with Gasteiger partial charge in [-0.3, -0.25) is 0 Å². The van der Waals surface area contributed by atoms with Gasteiger partial charge < -0.3 is 9.97 Å². The summed E-state index contributed by atoms with van der Waals surface area (Å²) in [4.78, 5) is 16.9. The molecule has 2 heterocycles. The minimum atomic E-state index is -3.68. The molecule has 2 N–H and O–H groups in total. The van der Waals surface area contributed by atoms with E-state index in [9.17, 15) is 13.2 Å². The Morgan fingerprint density at radius 2 is 1.81 bits per heavy atom. The first-order valence-electron chi connectivity index (χ1n) is 8.69. The van der Waals surface area contributed by atoms with Crippen LogP contribution in [0.1, 0.15) is 31.0 Å². The molecule has 1 aliphatic rings. The second-order valence-corrected chi connectivity index (χ2v) is 8.93. The van der Waals surface area contributed by atoms with Gasteiger partial charge in [-0.05, 0) is 41.7 Å². The van der Waals surface area contributed by atoms with E-state index in [0.29, 0.717) is 24.0 Å². The number of aromatic amines is 2. The Morgan fingerprint density at radius 3 is 2.58 bits per heavy atom. The average Bonchev–Trinajstić information content (AvgIpc) is 2.99. The number of benzene rings is 2. The Morgan fingerprint density at radius 1 is 1.08 bits per heavy atom. The lowest BCUT2D eigenvalue weighted by Crippen LogP contribution is -2.42. The third kappa shape index (κ3) is 2.68. The number of H-pyrrole nitrogens is 2. The number of rotatable bonds is 3. The Balaban J connectivity index is 1.82. The van der Waals surface area contributed by atoms with E-state index in [-0.39, 0.29) is 22.5 Å². The predicted octanol–water partition coefficient (Wildman–Crippen LogP) is 2.80. The molecule has 0 spiro atoms. The van der Waals surface area contributed by atoms with E-state index >= 15 is 0 Å². The van der Waals surface area contributed by atoms with Crippen molar-refractivity contribution in [1.29, 1.82) is 0 Å². The van der Waals surface area contributed by atoms with Gasteiger partial charge in [-0.1, -0.05) is 38.1 Å². The minimum Gasteiger partial charge on any atom is -0.306 e. The van der Waals surface area contributed by atoms with Crippen LogP contribution in [0.25, 0.3) is 11.0 Å². The maximum atomic E-state index is 13.4. The maximum absolute atomic E-state index is 13.4. The second-order valence-electron chi connectivity index (χ2n) is 7.04. The Hall–Kier alpha value is -2.38. The lowest BCUT2D eigenvalue weighted by Gasteiger charge is -2.38. The SMILES string of the molecule is CC(C)C1c2ccccc2CCN1S(=O)(=O)c1ccc2[nH]c(=O)[nH]c2c1. The van der Waals surface area contributed by atoms with Crippen molar-refractivity contribution in [3.8, 4) is 0 Å². The van der Waals surface area contributed by atoms with Crippen molar-refractivity contribution >= 4 is 21.1 Å². The van der Waals surface area contributed by atoms with Crippen LogP contribution < -0.4 is 5.69 Å². The van der Waals surface area contributed by atoms with Gasteiger partial charge in [0.2, 0.25) is 10.0 Å². The van der Waals surface area contributed by atoms with E-state index < -0.39 is 10.0 Å². The lowest BCUT2D eigenvalue weighted by molar-refractivity contribution is 0.248. The monoisotopic (exact) mass is 371 g/mol. The molecule has 0 saturated carbocycles. The topological polar surface area (TPSA) is 86.0 Å². The fourth-order valence-electron chi connectivity index (χ4n) is 3.84. The van der Waals surface area contributed by atoms with Crippen molar-refractivity contribution in [1.82, 2.24) is 14.3 Å². The Kier molecular flexibility index (Phi) is 4.00. The molecule has 0 bridgehead atoms. The standard InChI is InChI=1S/C19H21N3O3S/c1-12(2)18-15-6-4-3-5-13(15)9-10-22(18)26(24,25)14-7-8-16-17(11-14)21-19(23)20-16/h3-8,11-12,18H,9-10H2,1-2H3,(H2,20,21,23). The number of nitrogens with one attached hydrogen (secondary N) is 2.